The van der Waals surface area contributed by atoms with Gasteiger partial charge in [-0.05, 0) is 35.4 Å². The molecule has 1 N–H and O–H groups in total. The van der Waals surface area contributed by atoms with Crippen LogP contribution < -0.4 is 10.1 Å². The van der Waals surface area contributed by atoms with E-state index in [1.807, 2.05) is 48.5 Å². The van der Waals surface area contributed by atoms with Crippen LogP contribution in [-0.2, 0) is 24.5 Å². The second-order valence-electron chi connectivity index (χ2n) is 8.08. The Morgan fingerprint density at radius 1 is 1.00 bits per heavy atom. The summed E-state index contributed by atoms with van der Waals surface area (Å²) in [6.07, 6.45) is 1.77. The zero-order valence-corrected chi connectivity index (χ0v) is 18.5. The highest BCUT2D eigenvalue weighted by molar-refractivity contribution is 5.81. The number of piperazine rings is 1. The molecule has 166 valence electrons. The first-order valence-corrected chi connectivity index (χ1v) is 11.0. The molecule has 1 amide bonds. The van der Waals surface area contributed by atoms with Crippen molar-refractivity contribution < 1.29 is 9.53 Å². The number of aromatic nitrogens is 1. The third kappa shape index (κ3) is 5.93. The van der Waals surface area contributed by atoms with Gasteiger partial charge < -0.3 is 10.1 Å². The average molecular weight is 431 g/mol. The molecule has 32 heavy (non-hydrogen) atoms. The second-order valence-corrected chi connectivity index (χ2v) is 8.08. The van der Waals surface area contributed by atoms with Gasteiger partial charge in [0.2, 0.25) is 5.91 Å². The lowest BCUT2D eigenvalue weighted by molar-refractivity contribution is -0.128. The van der Waals surface area contributed by atoms with Crippen molar-refractivity contribution in [2.24, 2.45) is 0 Å². The minimum atomic E-state index is -0.169. The number of ether oxygens (including phenoxy) is 1. The summed E-state index contributed by atoms with van der Waals surface area (Å²) in [5.74, 6) is 0.900. The standard InChI is InChI=1S/C26H30N4O2/c1-27-26(31)25-19-29(14-15-30(25)18-21-8-3-2-4-9-21)17-22-10-7-12-24(16-22)32-20-23-11-5-6-13-28-23/h2-13,16,25H,14-15,17-20H2,1H3,(H,27,31)/t25-/m1/s1. The highest BCUT2D eigenvalue weighted by atomic mass is 16.5. The van der Waals surface area contributed by atoms with Crippen molar-refractivity contribution in [3.05, 3.63) is 95.8 Å². The molecule has 3 aromatic rings. The lowest BCUT2D eigenvalue weighted by Gasteiger charge is -2.40. The van der Waals surface area contributed by atoms with Crippen LogP contribution in [0.2, 0.25) is 0 Å². The number of amides is 1. The van der Waals surface area contributed by atoms with E-state index in [4.69, 9.17) is 4.74 Å². The number of rotatable bonds is 8. The van der Waals surface area contributed by atoms with Gasteiger partial charge in [0.15, 0.2) is 0 Å². The highest BCUT2D eigenvalue weighted by Gasteiger charge is 2.31. The van der Waals surface area contributed by atoms with Crippen LogP contribution in [0.3, 0.4) is 0 Å². The van der Waals surface area contributed by atoms with E-state index in [0.717, 1.165) is 37.6 Å². The van der Waals surface area contributed by atoms with Crippen molar-refractivity contribution in [3.63, 3.8) is 0 Å². The molecule has 0 unspecified atom stereocenters. The number of carbonyl (C=O) groups excluding carboxylic acids is 1. The molecule has 2 heterocycles. The Bertz CT molecular complexity index is 997. The third-order valence-electron chi connectivity index (χ3n) is 5.77. The van der Waals surface area contributed by atoms with Crippen molar-refractivity contribution in [3.8, 4) is 5.75 Å². The molecule has 0 spiro atoms. The summed E-state index contributed by atoms with van der Waals surface area (Å²) in [6.45, 7) is 4.48. The quantitative estimate of drug-likeness (QED) is 0.595. The molecule has 0 bridgehead atoms. The van der Waals surface area contributed by atoms with Crippen LogP contribution >= 0.6 is 0 Å². The maximum absolute atomic E-state index is 12.6. The van der Waals surface area contributed by atoms with Crippen LogP contribution in [0.4, 0.5) is 0 Å². The number of likely N-dealkylation sites (N-methyl/N-ethyl adjacent to an activating group) is 1. The van der Waals surface area contributed by atoms with Gasteiger partial charge in [0, 0.05) is 46.0 Å². The maximum Gasteiger partial charge on any atom is 0.238 e. The topological polar surface area (TPSA) is 57.7 Å². The molecule has 1 fully saturated rings. The van der Waals surface area contributed by atoms with E-state index >= 15 is 0 Å². The van der Waals surface area contributed by atoms with E-state index < -0.39 is 0 Å². The zero-order chi connectivity index (χ0) is 22.2. The number of carbonyl (C=O) groups is 1. The monoisotopic (exact) mass is 430 g/mol. The van der Waals surface area contributed by atoms with Gasteiger partial charge in [-0.1, -0.05) is 48.5 Å². The fraction of sp³-hybridized carbons (Fsp3) is 0.308. The number of benzene rings is 2. The summed E-state index contributed by atoms with van der Waals surface area (Å²) in [4.78, 5) is 21.6. The summed E-state index contributed by atoms with van der Waals surface area (Å²) < 4.78 is 5.93. The summed E-state index contributed by atoms with van der Waals surface area (Å²) in [5.41, 5.74) is 3.31. The maximum atomic E-state index is 12.6. The SMILES string of the molecule is CNC(=O)[C@H]1CN(Cc2cccc(OCc3ccccn3)c2)CCN1Cc1ccccc1. The van der Waals surface area contributed by atoms with Crippen LogP contribution in [0.25, 0.3) is 0 Å². The van der Waals surface area contributed by atoms with E-state index in [1.165, 1.54) is 11.1 Å². The van der Waals surface area contributed by atoms with Gasteiger partial charge in [0.05, 0.1) is 5.69 Å². The van der Waals surface area contributed by atoms with E-state index in [1.54, 1.807) is 13.2 Å². The lowest BCUT2D eigenvalue weighted by atomic mass is 10.1. The first kappa shape index (κ1) is 22.0. The summed E-state index contributed by atoms with van der Waals surface area (Å²) in [6, 6.07) is 24.2. The molecular formula is C26H30N4O2. The largest absolute Gasteiger partial charge is 0.487 e. The van der Waals surface area contributed by atoms with Crippen LogP contribution in [0.15, 0.2) is 79.0 Å². The molecule has 1 aliphatic heterocycles. The molecule has 1 saturated heterocycles. The first-order valence-electron chi connectivity index (χ1n) is 11.0. The fourth-order valence-corrected chi connectivity index (χ4v) is 4.08. The van der Waals surface area contributed by atoms with Gasteiger partial charge in [-0.3, -0.25) is 19.6 Å². The van der Waals surface area contributed by atoms with E-state index in [-0.39, 0.29) is 11.9 Å². The molecule has 0 saturated carbocycles. The lowest BCUT2D eigenvalue weighted by Crippen LogP contribution is -2.57. The number of nitrogens with zero attached hydrogens (tertiary/aromatic N) is 3. The van der Waals surface area contributed by atoms with Crippen molar-refractivity contribution in [2.45, 2.75) is 25.7 Å². The van der Waals surface area contributed by atoms with Gasteiger partial charge in [-0.25, -0.2) is 0 Å². The van der Waals surface area contributed by atoms with Crippen molar-refractivity contribution >= 4 is 5.91 Å². The number of pyridine rings is 1. The first-order chi connectivity index (χ1) is 15.7. The Morgan fingerprint density at radius 2 is 1.81 bits per heavy atom. The highest BCUT2D eigenvalue weighted by Crippen LogP contribution is 2.20. The zero-order valence-electron chi connectivity index (χ0n) is 18.5. The summed E-state index contributed by atoms with van der Waals surface area (Å²) in [5, 5.41) is 2.84. The summed E-state index contributed by atoms with van der Waals surface area (Å²) in [7, 11) is 1.71. The normalized spacial score (nSPS) is 17.1. The third-order valence-corrected chi connectivity index (χ3v) is 5.77. The molecule has 1 aromatic heterocycles. The molecule has 6 nitrogen and oxygen atoms in total. The Hall–Kier alpha value is -3.22. The molecule has 1 atom stereocenters. The molecule has 1 aliphatic rings. The van der Waals surface area contributed by atoms with Gasteiger partial charge in [-0.15, -0.1) is 0 Å². The van der Waals surface area contributed by atoms with Crippen LogP contribution in [-0.4, -0.2) is 53.4 Å². The fourth-order valence-electron chi connectivity index (χ4n) is 4.08. The molecule has 2 aromatic carbocycles. The van der Waals surface area contributed by atoms with Gasteiger partial charge in [-0.2, -0.15) is 0 Å². The summed E-state index contributed by atoms with van der Waals surface area (Å²) >= 11 is 0. The van der Waals surface area contributed by atoms with E-state index in [2.05, 4.69) is 44.4 Å². The van der Waals surface area contributed by atoms with E-state index in [0.29, 0.717) is 13.2 Å². The predicted molar refractivity (Wildman–Crippen MR) is 125 cm³/mol. The Kier molecular flexibility index (Phi) is 7.48. The van der Waals surface area contributed by atoms with Gasteiger partial charge in [0.25, 0.3) is 0 Å². The van der Waals surface area contributed by atoms with Crippen LogP contribution in [0, 0.1) is 0 Å². The average Bonchev–Trinajstić information content (AvgIpc) is 2.85. The Labute approximate surface area is 189 Å². The minimum Gasteiger partial charge on any atom is -0.487 e. The minimum absolute atomic E-state index is 0.0677. The Balaban J connectivity index is 1.37. The predicted octanol–water partition coefficient (Wildman–Crippen LogP) is 3.09. The molecule has 0 aliphatic carbocycles. The molecular weight excluding hydrogens is 400 g/mol. The number of hydrogen-bond donors (Lipinski definition) is 1. The van der Waals surface area contributed by atoms with Gasteiger partial charge >= 0.3 is 0 Å². The Morgan fingerprint density at radius 3 is 2.59 bits per heavy atom. The van der Waals surface area contributed by atoms with Crippen LogP contribution in [0.5, 0.6) is 5.75 Å². The smallest absolute Gasteiger partial charge is 0.238 e. The van der Waals surface area contributed by atoms with E-state index in [9.17, 15) is 4.79 Å². The van der Waals surface area contributed by atoms with Crippen LogP contribution in [0.1, 0.15) is 16.8 Å². The van der Waals surface area contributed by atoms with Gasteiger partial charge in [0.1, 0.15) is 18.4 Å². The second kappa shape index (κ2) is 10.9. The van der Waals surface area contributed by atoms with Crippen molar-refractivity contribution in [2.75, 3.05) is 26.7 Å². The molecule has 6 heteroatoms. The van der Waals surface area contributed by atoms with Crippen molar-refractivity contribution in [1.29, 1.82) is 0 Å². The number of nitrogens with one attached hydrogen (secondary N) is 1. The number of hydrogen-bond acceptors (Lipinski definition) is 5. The molecule has 0 radical (unpaired) electrons. The van der Waals surface area contributed by atoms with Crippen molar-refractivity contribution in [1.82, 2.24) is 20.1 Å². The molecule has 4 rings (SSSR count).